The Bertz CT molecular complexity index is 1350. The van der Waals surface area contributed by atoms with Crippen molar-refractivity contribution in [2.45, 2.75) is 6.54 Å². The quantitative estimate of drug-likeness (QED) is 0.290. The molecular weight excluding hydrogens is 416 g/mol. The second kappa shape index (κ2) is 8.64. The Morgan fingerprint density at radius 2 is 2.00 bits per heavy atom. The van der Waals surface area contributed by atoms with E-state index in [9.17, 15) is 5.21 Å². The van der Waals surface area contributed by atoms with Gasteiger partial charge in [-0.3, -0.25) is 4.68 Å². The van der Waals surface area contributed by atoms with Crippen molar-refractivity contribution in [2.75, 3.05) is 31.6 Å². The molecular formula is C25H24N6O2. The standard InChI is InChI=1S/C25H24N6O2/c1-3-18-4-5-24-21(10-18)14-26-25(29-24)28-23-12-19(17-31(32)6-8-33-9-7-31)11-20(13-23)22-15-27-30(2)16-22/h1,4-5,10-16H,6-9,17H2,2H3,(H,26,28,29). The van der Waals surface area contributed by atoms with Gasteiger partial charge in [-0.25, -0.2) is 9.97 Å². The van der Waals surface area contributed by atoms with Gasteiger partial charge in [-0.2, -0.15) is 5.10 Å². The number of aromatic nitrogens is 4. The van der Waals surface area contributed by atoms with E-state index in [2.05, 4.69) is 32.4 Å². The van der Waals surface area contributed by atoms with Crippen LogP contribution < -0.4 is 5.32 Å². The van der Waals surface area contributed by atoms with Crippen molar-refractivity contribution < 1.29 is 9.38 Å². The third-order valence-corrected chi connectivity index (χ3v) is 5.79. The van der Waals surface area contributed by atoms with Crippen molar-refractivity contribution in [3.8, 4) is 23.5 Å². The van der Waals surface area contributed by atoms with Crippen LogP contribution in [0.2, 0.25) is 0 Å². The first-order valence-corrected chi connectivity index (χ1v) is 10.8. The number of rotatable bonds is 5. The van der Waals surface area contributed by atoms with Crippen LogP contribution in [0.5, 0.6) is 0 Å². The highest BCUT2D eigenvalue weighted by Gasteiger charge is 2.22. The van der Waals surface area contributed by atoms with Crippen LogP contribution in [0.3, 0.4) is 0 Å². The lowest BCUT2D eigenvalue weighted by Gasteiger charge is -2.45. The van der Waals surface area contributed by atoms with Crippen molar-refractivity contribution in [1.82, 2.24) is 19.7 Å². The Kier molecular flexibility index (Phi) is 5.52. The molecule has 1 fully saturated rings. The summed E-state index contributed by atoms with van der Waals surface area (Å²) in [6, 6.07) is 11.7. The van der Waals surface area contributed by atoms with E-state index in [1.807, 2.05) is 49.8 Å². The minimum Gasteiger partial charge on any atom is -0.632 e. The Balaban J connectivity index is 1.49. The second-order valence-electron chi connectivity index (χ2n) is 8.33. The van der Waals surface area contributed by atoms with Crippen LogP contribution in [0.15, 0.2) is 55.0 Å². The van der Waals surface area contributed by atoms with E-state index in [1.165, 1.54) is 0 Å². The number of terminal acetylenes is 1. The van der Waals surface area contributed by atoms with Crippen LogP contribution >= 0.6 is 0 Å². The molecule has 1 aliphatic rings. The van der Waals surface area contributed by atoms with E-state index >= 15 is 0 Å². The lowest BCUT2D eigenvalue weighted by molar-refractivity contribution is -0.901. The molecule has 0 atom stereocenters. The number of hydrogen-bond donors (Lipinski definition) is 1. The maximum Gasteiger partial charge on any atom is 0.227 e. The number of anilines is 2. The van der Waals surface area contributed by atoms with Gasteiger partial charge in [0.1, 0.15) is 19.6 Å². The smallest absolute Gasteiger partial charge is 0.227 e. The maximum atomic E-state index is 13.2. The van der Waals surface area contributed by atoms with Crippen LogP contribution in [0, 0.1) is 17.6 Å². The van der Waals surface area contributed by atoms with Crippen LogP contribution in [0.25, 0.3) is 22.0 Å². The van der Waals surface area contributed by atoms with E-state index in [-0.39, 0.29) is 4.65 Å². The first-order valence-electron chi connectivity index (χ1n) is 10.8. The number of fused-ring (bicyclic) bond motifs is 1. The van der Waals surface area contributed by atoms with Crippen molar-refractivity contribution >= 4 is 22.5 Å². The van der Waals surface area contributed by atoms with E-state index in [0.717, 1.165) is 38.8 Å². The van der Waals surface area contributed by atoms with Crippen molar-refractivity contribution in [3.05, 3.63) is 71.3 Å². The molecule has 2 aromatic heterocycles. The van der Waals surface area contributed by atoms with Gasteiger partial charge >= 0.3 is 0 Å². The summed E-state index contributed by atoms with van der Waals surface area (Å²) in [5.41, 5.74) is 5.29. The highest BCUT2D eigenvalue weighted by atomic mass is 16.6. The summed E-state index contributed by atoms with van der Waals surface area (Å²) >= 11 is 0. The van der Waals surface area contributed by atoms with Gasteiger partial charge < -0.3 is 19.9 Å². The molecule has 5 rings (SSSR count). The molecule has 4 aromatic rings. The number of hydroxylamine groups is 3. The molecule has 0 unspecified atom stereocenters. The zero-order valence-electron chi connectivity index (χ0n) is 18.4. The zero-order chi connectivity index (χ0) is 22.8. The molecule has 0 bridgehead atoms. The van der Waals surface area contributed by atoms with E-state index in [1.54, 1.807) is 10.9 Å². The minimum absolute atomic E-state index is 0.292. The Hall–Kier alpha value is -3.77. The number of benzene rings is 2. The fourth-order valence-electron chi connectivity index (χ4n) is 4.07. The van der Waals surface area contributed by atoms with Crippen molar-refractivity contribution in [2.24, 2.45) is 7.05 Å². The number of aryl methyl sites for hydroxylation is 1. The van der Waals surface area contributed by atoms with Crippen LogP contribution in [-0.2, 0) is 18.3 Å². The van der Waals surface area contributed by atoms with E-state index < -0.39 is 0 Å². The molecule has 1 saturated heterocycles. The summed E-state index contributed by atoms with van der Waals surface area (Å²) < 4.78 is 6.85. The normalized spacial score (nSPS) is 15.3. The molecule has 0 amide bonds. The summed E-state index contributed by atoms with van der Waals surface area (Å²) in [5.74, 6) is 3.10. The van der Waals surface area contributed by atoms with Crippen molar-refractivity contribution in [1.29, 1.82) is 0 Å². The van der Waals surface area contributed by atoms with Gasteiger partial charge in [0.15, 0.2) is 0 Å². The monoisotopic (exact) mass is 440 g/mol. The third-order valence-electron chi connectivity index (χ3n) is 5.79. The molecule has 0 spiro atoms. The minimum atomic E-state index is -0.292. The molecule has 3 heterocycles. The Morgan fingerprint density at radius 1 is 1.15 bits per heavy atom. The number of ether oxygens (including phenoxy) is 1. The lowest BCUT2D eigenvalue weighted by Crippen LogP contribution is -2.49. The van der Waals surface area contributed by atoms with Gasteiger partial charge in [-0.15, -0.1) is 6.42 Å². The first kappa shape index (κ1) is 21.1. The summed E-state index contributed by atoms with van der Waals surface area (Å²) in [6.45, 7) is 2.26. The molecule has 2 aromatic carbocycles. The molecule has 0 aliphatic carbocycles. The first-order chi connectivity index (χ1) is 16.0. The van der Waals surface area contributed by atoms with Gasteiger partial charge in [0.2, 0.25) is 5.95 Å². The Labute approximate surface area is 192 Å². The summed E-state index contributed by atoms with van der Waals surface area (Å²) in [6.07, 6.45) is 11.0. The number of morpholine rings is 1. The van der Waals surface area contributed by atoms with Crippen molar-refractivity contribution in [3.63, 3.8) is 0 Å². The van der Waals surface area contributed by atoms with Gasteiger partial charge in [-0.1, -0.05) is 5.92 Å². The SMILES string of the molecule is C#Cc1ccc2nc(Nc3cc(C[N+]4([O-])CCOCC4)cc(-c4cnn(C)c4)c3)ncc2c1. The summed E-state index contributed by atoms with van der Waals surface area (Å²) in [4.78, 5) is 9.08. The fraction of sp³-hybridized carbons (Fsp3) is 0.240. The molecule has 8 heteroatoms. The van der Waals surface area contributed by atoms with Gasteiger partial charge in [0.25, 0.3) is 0 Å². The third kappa shape index (κ3) is 4.71. The maximum absolute atomic E-state index is 13.2. The van der Waals surface area contributed by atoms with Gasteiger partial charge in [0, 0.05) is 47.2 Å². The number of nitrogens with one attached hydrogen (secondary N) is 1. The summed E-state index contributed by atoms with van der Waals surface area (Å²) in [7, 11) is 1.88. The van der Waals surface area contributed by atoms with Crippen LogP contribution in [0.1, 0.15) is 11.1 Å². The van der Waals surface area contributed by atoms with Crippen LogP contribution in [-0.4, -0.2) is 50.7 Å². The van der Waals surface area contributed by atoms with Crippen LogP contribution in [0.4, 0.5) is 11.6 Å². The molecule has 1 N–H and O–H groups in total. The average molecular weight is 441 g/mol. The molecule has 8 nitrogen and oxygen atoms in total. The predicted octanol–water partition coefficient (Wildman–Crippen LogP) is 3.60. The molecule has 33 heavy (non-hydrogen) atoms. The highest BCUT2D eigenvalue weighted by molar-refractivity contribution is 5.81. The van der Waals surface area contributed by atoms with E-state index in [0.29, 0.717) is 38.8 Å². The molecule has 1 aliphatic heterocycles. The topological polar surface area (TPSA) is 87.9 Å². The van der Waals surface area contributed by atoms with E-state index in [4.69, 9.17) is 11.2 Å². The lowest BCUT2D eigenvalue weighted by atomic mass is 10.0. The number of nitrogens with zero attached hydrogens (tertiary/aromatic N) is 5. The second-order valence-corrected chi connectivity index (χ2v) is 8.33. The molecule has 166 valence electrons. The average Bonchev–Trinajstić information content (AvgIpc) is 3.25. The molecule has 0 saturated carbocycles. The van der Waals surface area contributed by atoms with Gasteiger partial charge in [0.05, 0.1) is 24.9 Å². The summed E-state index contributed by atoms with van der Waals surface area (Å²) in [5, 5.41) is 21.7. The number of hydrogen-bond acceptors (Lipinski definition) is 6. The number of quaternary nitrogens is 1. The predicted molar refractivity (Wildman–Crippen MR) is 127 cm³/mol. The van der Waals surface area contributed by atoms with Gasteiger partial charge in [-0.05, 0) is 42.0 Å². The Morgan fingerprint density at radius 3 is 2.76 bits per heavy atom. The zero-order valence-corrected chi connectivity index (χ0v) is 18.4. The fourth-order valence-corrected chi connectivity index (χ4v) is 4.07. The largest absolute Gasteiger partial charge is 0.632 e. The molecule has 0 radical (unpaired) electrons. The highest BCUT2D eigenvalue weighted by Crippen LogP contribution is 2.28.